The summed E-state index contributed by atoms with van der Waals surface area (Å²) in [5.74, 6) is 0. The number of nitrogens with zero attached hydrogens (tertiary/aromatic N) is 2. The summed E-state index contributed by atoms with van der Waals surface area (Å²) < 4.78 is 0. The van der Waals surface area contributed by atoms with Crippen molar-refractivity contribution in [2.45, 2.75) is 26.3 Å². The Balaban J connectivity index is 0. The number of halogens is 1. The molecule has 99 valence electrons. The summed E-state index contributed by atoms with van der Waals surface area (Å²) in [5, 5.41) is 6.45. The van der Waals surface area contributed by atoms with E-state index in [9.17, 15) is 0 Å². The number of hydrogen-bond donors (Lipinski definition) is 1. The Bertz CT molecular complexity index is 341. The first kappa shape index (κ1) is 19.2. The first-order chi connectivity index (χ1) is 7.22. The van der Waals surface area contributed by atoms with E-state index in [4.69, 9.17) is 12.6 Å². The molecule has 0 fully saturated rings. The summed E-state index contributed by atoms with van der Waals surface area (Å²) in [7, 11) is 0. The Morgan fingerprint density at radius 2 is 2.35 bits per heavy atom. The van der Waals surface area contributed by atoms with Gasteiger partial charge in [0.2, 0.25) is 0 Å². The molecule has 0 bridgehead atoms. The van der Waals surface area contributed by atoms with Gasteiger partial charge >= 0.3 is 17.1 Å². The summed E-state index contributed by atoms with van der Waals surface area (Å²) >= 11 is 6.63. The van der Waals surface area contributed by atoms with Crippen LogP contribution in [0.2, 0.25) is 0 Å². The molecule has 0 aromatic carbocycles. The molecule has 17 heavy (non-hydrogen) atoms. The van der Waals surface area contributed by atoms with Crippen LogP contribution in [0.25, 0.3) is 0 Å². The first-order valence-corrected chi connectivity index (χ1v) is 6.08. The minimum absolute atomic E-state index is 0. The normalized spacial score (nSPS) is 12.7. The van der Waals surface area contributed by atoms with Crippen molar-refractivity contribution in [1.82, 2.24) is 5.43 Å². The third-order valence-corrected chi connectivity index (χ3v) is 2.83. The van der Waals surface area contributed by atoms with Gasteiger partial charge in [0, 0.05) is 10.9 Å². The SMILES string of the molecule is CCC(C)N=C([S-])N/N=C\c1cccs1.[Cl-].[Cu+2]. The maximum atomic E-state index is 5.00. The second kappa shape index (κ2) is 11.0. The van der Waals surface area contributed by atoms with Crippen LogP contribution < -0.4 is 17.8 Å². The third kappa shape index (κ3) is 8.57. The van der Waals surface area contributed by atoms with Gasteiger partial charge in [0.25, 0.3) is 0 Å². The van der Waals surface area contributed by atoms with Gasteiger partial charge in [0.1, 0.15) is 0 Å². The predicted molar refractivity (Wildman–Crippen MR) is 69.6 cm³/mol. The summed E-state index contributed by atoms with van der Waals surface area (Å²) in [6.45, 7) is 4.10. The molecule has 0 saturated heterocycles. The Morgan fingerprint density at radius 3 is 2.88 bits per heavy atom. The van der Waals surface area contributed by atoms with E-state index in [1.807, 2.05) is 24.4 Å². The van der Waals surface area contributed by atoms with Gasteiger partial charge in [0.15, 0.2) is 0 Å². The average Bonchev–Trinajstić information content (AvgIpc) is 2.70. The van der Waals surface area contributed by atoms with Crippen LogP contribution in [0.4, 0.5) is 0 Å². The predicted octanol–water partition coefficient (Wildman–Crippen LogP) is -0.625. The standard InChI is InChI=1S/C10H15N3S2.ClH.Cu/c1-3-8(2)12-10(14)13-11-7-9-5-4-6-15-9;;/h4-8H,3H2,1-2H3,(H2,12,13,14);1H;/q;;+2/p-2/b11-7-;;. The van der Waals surface area contributed by atoms with Crippen LogP contribution in [-0.2, 0) is 29.7 Å². The van der Waals surface area contributed by atoms with Crippen molar-refractivity contribution in [3.63, 3.8) is 0 Å². The number of aliphatic imine (C=N–C) groups is 1. The van der Waals surface area contributed by atoms with E-state index < -0.39 is 0 Å². The molecule has 1 N–H and O–H groups in total. The molecule has 0 aliphatic heterocycles. The van der Waals surface area contributed by atoms with Gasteiger partial charge in [0.05, 0.1) is 6.21 Å². The topological polar surface area (TPSA) is 36.8 Å². The van der Waals surface area contributed by atoms with Gasteiger partial charge in [-0.05, 0) is 30.0 Å². The van der Waals surface area contributed by atoms with Crippen LogP contribution in [0.1, 0.15) is 25.1 Å². The molecule has 1 atom stereocenters. The maximum absolute atomic E-state index is 5.00. The molecule has 3 nitrogen and oxygen atoms in total. The molecule has 1 heterocycles. The fourth-order valence-corrected chi connectivity index (χ4v) is 1.65. The summed E-state index contributed by atoms with van der Waals surface area (Å²) in [6.07, 6.45) is 2.72. The number of hydrogen-bond acceptors (Lipinski definition) is 4. The van der Waals surface area contributed by atoms with E-state index in [2.05, 4.69) is 22.4 Å². The molecule has 0 aliphatic carbocycles. The van der Waals surface area contributed by atoms with Crippen LogP contribution in [0.15, 0.2) is 27.6 Å². The quantitative estimate of drug-likeness (QED) is 0.261. The van der Waals surface area contributed by atoms with E-state index in [1.54, 1.807) is 17.6 Å². The molecule has 0 amide bonds. The van der Waals surface area contributed by atoms with E-state index in [1.165, 1.54) is 0 Å². The van der Waals surface area contributed by atoms with Crippen molar-refractivity contribution >= 4 is 35.3 Å². The zero-order chi connectivity index (χ0) is 11.1. The van der Waals surface area contributed by atoms with Crippen LogP contribution >= 0.6 is 11.3 Å². The molecule has 0 spiro atoms. The van der Waals surface area contributed by atoms with Crippen molar-refractivity contribution in [2.24, 2.45) is 10.1 Å². The second-order valence-electron chi connectivity index (χ2n) is 3.08. The Hall–Kier alpha value is -0.131. The Labute approximate surface area is 128 Å². The fourth-order valence-electron chi connectivity index (χ4n) is 0.836. The third-order valence-electron chi connectivity index (χ3n) is 1.82. The first-order valence-electron chi connectivity index (χ1n) is 4.79. The molecular weight excluding hydrogens is 325 g/mol. The van der Waals surface area contributed by atoms with E-state index >= 15 is 0 Å². The fraction of sp³-hybridized carbons (Fsp3) is 0.400. The molecule has 7 heteroatoms. The molecule has 1 aromatic heterocycles. The minimum Gasteiger partial charge on any atom is -1.00 e. The monoisotopic (exact) mass is 338 g/mol. The Kier molecular flexibility index (Phi) is 12.4. The van der Waals surface area contributed by atoms with Crippen molar-refractivity contribution < 1.29 is 29.5 Å². The zero-order valence-corrected chi connectivity index (χ0v) is 12.8. The number of hydrazone groups is 1. The van der Waals surface area contributed by atoms with Gasteiger partial charge < -0.3 is 25.0 Å². The molecule has 0 aliphatic rings. The van der Waals surface area contributed by atoms with Gasteiger partial charge in [-0.1, -0.05) is 13.0 Å². The maximum Gasteiger partial charge on any atom is 2.00 e. The van der Waals surface area contributed by atoms with E-state index in [0.717, 1.165) is 11.3 Å². The van der Waals surface area contributed by atoms with E-state index in [0.29, 0.717) is 5.17 Å². The molecule has 1 radical (unpaired) electrons. The zero-order valence-electron chi connectivity index (χ0n) is 9.48. The van der Waals surface area contributed by atoms with Crippen LogP contribution in [-0.4, -0.2) is 17.4 Å². The summed E-state index contributed by atoms with van der Waals surface area (Å²) in [4.78, 5) is 5.32. The van der Waals surface area contributed by atoms with Crippen LogP contribution in [0, 0.1) is 0 Å². The van der Waals surface area contributed by atoms with Crippen molar-refractivity contribution in [2.75, 3.05) is 0 Å². The summed E-state index contributed by atoms with van der Waals surface area (Å²) in [5.41, 5.74) is 2.73. The van der Waals surface area contributed by atoms with Gasteiger partial charge in [-0.15, -0.1) is 11.3 Å². The number of rotatable bonds is 4. The van der Waals surface area contributed by atoms with Crippen LogP contribution in [0.3, 0.4) is 0 Å². The molecule has 1 rings (SSSR count). The van der Waals surface area contributed by atoms with Crippen molar-refractivity contribution in [3.05, 3.63) is 22.4 Å². The number of thiophene rings is 1. The van der Waals surface area contributed by atoms with Gasteiger partial charge in [-0.3, -0.25) is 10.4 Å². The molecule has 1 aromatic rings. The van der Waals surface area contributed by atoms with Gasteiger partial charge in [-0.25, -0.2) is 0 Å². The average molecular weight is 339 g/mol. The minimum atomic E-state index is 0. The number of amidine groups is 1. The van der Waals surface area contributed by atoms with Crippen molar-refractivity contribution in [3.8, 4) is 0 Å². The molecule has 1 unspecified atom stereocenters. The number of nitrogens with one attached hydrogen (secondary N) is 1. The largest absolute Gasteiger partial charge is 2.00 e. The molecular formula is C10H14ClCuN3S2. The smallest absolute Gasteiger partial charge is 1.00 e. The van der Waals surface area contributed by atoms with E-state index in [-0.39, 0.29) is 35.5 Å². The van der Waals surface area contributed by atoms with Crippen LogP contribution in [0.5, 0.6) is 0 Å². The molecule has 0 saturated carbocycles. The second-order valence-corrected chi connectivity index (χ2v) is 4.44. The Morgan fingerprint density at radius 1 is 1.65 bits per heavy atom. The van der Waals surface area contributed by atoms with Gasteiger partial charge in [-0.2, -0.15) is 5.10 Å². The van der Waals surface area contributed by atoms with Crippen molar-refractivity contribution in [1.29, 1.82) is 0 Å². The summed E-state index contributed by atoms with van der Waals surface area (Å²) in [6, 6.07) is 4.22.